The summed E-state index contributed by atoms with van der Waals surface area (Å²) in [4.78, 5) is 15.1. The number of carboxylic acids is 1. The Balaban J connectivity index is 2.25. The van der Waals surface area contributed by atoms with Gasteiger partial charge in [-0.25, -0.2) is 9.18 Å². The van der Waals surface area contributed by atoms with Crippen LogP contribution in [0.3, 0.4) is 0 Å². The number of aromatic carboxylic acids is 1. The van der Waals surface area contributed by atoms with Gasteiger partial charge in [-0.3, -0.25) is 4.98 Å². The van der Waals surface area contributed by atoms with E-state index in [9.17, 15) is 9.18 Å². The van der Waals surface area contributed by atoms with E-state index < -0.39 is 11.8 Å². The fourth-order valence-electron chi connectivity index (χ4n) is 1.68. The van der Waals surface area contributed by atoms with Gasteiger partial charge in [-0.15, -0.1) is 0 Å². The Kier molecular flexibility index (Phi) is 3.75. The summed E-state index contributed by atoms with van der Waals surface area (Å²) in [5.41, 5.74) is 0.593. The van der Waals surface area contributed by atoms with Gasteiger partial charge in [-0.1, -0.05) is 6.07 Å². The summed E-state index contributed by atoms with van der Waals surface area (Å²) >= 11 is 0. The smallest absolute Gasteiger partial charge is 0.336 e. The lowest BCUT2D eigenvalue weighted by atomic mass is 10.1. The number of hydrogen-bond donors (Lipinski definition) is 1. The van der Waals surface area contributed by atoms with Gasteiger partial charge in [0.1, 0.15) is 18.2 Å². The normalized spacial score (nSPS) is 10.2. The molecule has 19 heavy (non-hydrogen) atoms. The van der Waals surface area contributed by atoms with Gasteiger partial charge in [0.25, 0.3) is 0 Å². The van der Waals surface area contributed by atoms with E-state index >= 15 is 0 Å². The van der Waals surface area contributed by atoms with Crippen LogP contribution in [0.25, 0.3) is 0 Å². The average molecular weight is 261 g/mol. The molecule has 0 bridgehead atoms. The predicted octanol–water partition coefficient (Wildman–Crippen LogP) is 2.81. The molecule has 0 radical (unpaired) electrons. The van der Waals surface area contributed by atoms with Crippen molar-refractivity contribution in [2.45, 2.75) is 13.5 Å². The first kappa shape index (κ1) is 13.0. The SMILES string of the molecule is Cc1ncccc1OCc1c(F)cccc1C(=O)O. The van der Waals surface area contributed by atoms with Crippen LogP contribution in [0.15, 0.2) is 36.5 Å². The van der Waals surface area contributed by atoms with Crippen molar-refractivity contribution in [1.82, 2.24) is 4.98 Å². The lowest BCUT2D eigenvalue weighted by Crippen LogP contribution is -2.08. The van der Waals surface area contributed by atoms with Crippen LogP contribution in [0.5, 0.6) is 5.75 Å². The highest BCUT2D eigenvalue weighted by atomic mass is 19.1. The highest BCUT2D eigenvalue weighted by Gasteiger charge is 2.15. The van der Waals surface area contributed by atoms with Gasteiger partial charge in [0.2, 0.25) is 0 Å². The number of ether oxygens (including phenoxy) is 1. The van der Waals surface area contributed by atoms with Gasteiger partial charge in [0.15, 0.2) is 0 Å². The molecule has 98 valence electrons. The van der Waals surface area contributed by atoms with Crippen molar-refractivity contribution < 1.29 is 19.0 Å². The molecule has 5 heteroatoms. The summed E-state index contributed by atoms with van der Waals surface area (Å²) in [5, 5.41) is 9.01. The lowest BCUT2D eigenvalue weighted by molar-refractivity contribution is 0.0693. The van der Waals surface area contributed by atoms with Gasteiger partial charge in [0, 0.05) is 11.8 Å². The zero-order chi connectivity index (χ0) is 13.8. The van der Waals surface area contributed by atoms with Gasteiger partial charge in [-0.05, 0) is 31.2 Å². The summed E-state index contributed by atoms with van der Waals surface area (Å²) in [5.74, 6) is -1.27. The molecule has 0 aliphatic carbocycles. The maximum absolute atomic E-state index is 13.7. The van der Waals surface area contributed by atoms with Crippen molar-refractivity contribution in [1.29, 1.82) is 0 Å². The summed E-state index contributed by atoms with van der Waals surface area (Å²) in [6.45, 7) is 1.61. The van der Waals surface area contributed by atoms with Crippen molar-refractivity contribution in [2.75, 3.05) is 0 Å². The van der Waals surface area contributed by atoms with Crippen molar-refractivity contribution in [2.24, 2.45) is 0 Å². The Morgan fingerprint density at radius 1 is 1.37 bits per heavy atom. The standard InChI is InChI=1S/C14H12FNO3/c1-9-13(6-3-7-16-9)19-8-11-10(14(17)18)4-2-5-12(11)15/h2-7H,8H2,1H3,(H,17,18). The number of hydrogen-bond acceptors (Lipinski definition) is 3. The number of nitrogens with zero attached hydrogens (tertiary/aromatic N) is 1. The molecule has 1 heterocycles. The first-order valence-electron chi connectivity index (χ1n) is 5.64. The molecule has 0 atom stereocenters. The molecule has 1 aromatic carbocycles. The summed E-state index contributed by atoms with van der Waals surface area (Å²) in [6.07, 6.45) is 1.62. The van der Waals surface area contributed by atoms with E-state index in [1.807, 2.05) is 0 Å². The van der Waals surface area contributed by atoms with Crippen LogP contribution in [-0.4, -0.2) is 16.1 Å². The maximum atomic E-state index is 13.7. The van der Waals surface area contributed by atoms with Crippen LogP contribution < -0.4 is 4.74 Å². The van der Waals surface area contributed by atoms with E-state index in [1.165, 1.54) is 18.2 Å². The molecule has 0 saturated carbocycles. The predicted molar refractivity (Wildman–Crippen MR) is 66.7 cm³/mol. The van der Waals surface area contributed by atoms with Crippen LogP contribution in [0, 0.1) is 12.7 Å². The average Bonchev–Trinajstić information content (AvgIpc) is 2.38. The van der Waals surface area contributed by atoms with Crippen molar-refractivity contribution in [3.8, 4) is 5.75 Å². The second-order valence-corrected chi connectivity index (χ2v) is 3.95. The second-order valence-electron chi connectivity index (χ2n) is 3.95. The minimum absolute atomic E-state index is 0.0262. The van der Waals surface area contributed by atoms with Crippen LogP contribution in [0.4, 0.5) is 4.39 Å². The Morgan fingerprint density at radius 2 is 2.16 bits per heavy atom. The van der Waals surface area contributed by atoms with E-state index in [2.05, 4.69) is 4.98 Å². The Morgan fingerprint density at radius 3 is 2.84 bits per heavy atom. The second kappa shape index (κ2) is 5.48. The van der Waals surface area contributed by atoms with E-state index in [0.29, 0.717) is 11.4 Å². The minimum Gasteiger partial charge on any atom is -0.487 e. The highest BCUT2D eigenvalue weighted by Crippen LogP contribution is 2.19. The number of carboxylic acid groups (broad SMARTS) is 1. The van der Waals surface area contributed by atoms with Gasteiger partial charge >= 0.3 is 5.97 Å². The molecule has 1 aromatic heterocycles. The van der Waals surface area contributed by atoms with Crippen molar-refractivity contribution in [3.63, 3.8) is 0 Å². The molecular formula is C14H12FNO3. The summed E-state index contributed by atoms with van der Waals surface area (Å²) < 4.78 is 19.1. The number of rotatable bonds is 4. The molecule has 0 aliphatic rings. The van der Waals surface area contributed by atoms with Crippen LogP contribution in [0.2, 0.25) is 0 Å². The number of aromatic nitrogens is 1. The molecule has 4 nitrogen and oxygen atoms in total. The molecular weight excluding hydrogens is 249 g/mol. The Hall–Kier alpha value is -2.43. The van der Waals surface area contributed by atoms with E-state index in [0.717, 1.165) is 0 Å². The van der Waals surface area contributed by atoms with E-state index in [1.54, 1.807) is 25.3 Å². The summed E-state index contributed by atoms with van der Waals surface area (Å²) in [6, 6.07) is 7.31. The van der Waals surface area contributed by atoms with Gasteiger partial charge in [0.05, 0.1) is 11.3 Å². The number of aryl methyl sites for hydroxylation is 1. The van der Waals surface area contributed by atoms with E-state index in [-0.39, 0.29) is 17.7 Å². The number of pyridine rings is 1. The molecule has 0 unspecified atom stereocenters. The zero-order valence-corrected chi connectivity index (χ0v) is 10.3. The minimum atomic E-state index is -1.18. The highest BCUT2D eigenvalue weighted by molar-refractivity contribution is 5.89. The number of benzene rings is 1. The molecule has 0 aliphatic heterocycles. The lowest BCUT2D eigenvalue weighted by Gasteiger charge is -2.10. The third kappa shape index (κ3) is 2.88. The number of halogens is 1. The monoisotopic (exact) mass is 261 g/mol. The number of carbonyl (C=O) groups is 1. The van der Waals surface area contributed by atoms with Crippen LogP contribution in [0.1, 0.15) is 21.6 Å². The molecule has 2 rings (SSSR count). The molecule has 0 fully saturated rings. The summed E-state index contributed by atoms with van der Waals surface area (Å²) in [7, 11) is 0. The molecule has 2 aromatic rings. The first-order valence-corrected chi connectivity index (χ1v) is 5.64. The van der Waals surface area contributed by atoms with Crippen LogP contribution in [-0.2, 0) is 6.61 Å². The third-order valence-corrected chi connectivity index (χ3v) is 2.68. The Labute approximate surface area is 109 Å². The molecule has 0 spiro atoms. The fourth-order valence-corrected chi connectivity index (χ4v) is 1.68. The zero-order valence-electron chi connectivity index (χ0n) is 10.3. The largest absolute Gasteiger partial charge is 0.487 e. The maximum Gasteiger partial charge on any atom is 0.336 e. The van der Waals surface area contributed by atoms with Crippen molar-refractivity contribution >= 4 is 5.97 Å². The van der Waals surface area contributed by atoms with Gasteiger partial charge < -0.3 is 9.84 Å². The molecule has 0 saturated heterocycles. The molecule has 1 N–H and O–H groups in total. The van der Waals surface area contributed by atoms with E-state index in [4.69, 9.17) is 9.84 Å². The van der Waals surface area contributed by atoms with Crippen LogP contribution >= 0.6 is 0 Å². The van der Waals surface area contributed by atoms with Gasteiger partial charge in [-0.2, -0.15) is 0 Å². The third-order valence-electron chi connectivity index (χ3n) is 2.68. The topological polar surface area (TPSA) is 59.4 Å². The molecule has 0 amide bonds. The fraction of sp³-hybridized carbons (Fsp3) is 0.143. The van der Waals surface area contributed by atoms with Crippen molar-refractivity contribution in [3.05, 3.63) is 59.2 Å². The quantitative estimate of drug-likeness (QED) is 0.919. The first-order chi connectivity index (χ1) is 9.09. The Bertz CT molecular complexity index is 613.